The van der Waals surface area contributed by atoms with E-state index in [-0.39, 0.29) is 33.2 Å². The number of carbonyl (C=O) groups excluding carboxylic acids is 1. The van der Waals surface area contributed by atoms with Crippen LogP contribution in [0.2, 0.25) is 0 Å². The lowest BCUT2D eigenvalue weighted by atomic mass is 9.85. The van der Waals surface area contributed by atoms with Gasteiger partial charge in [-0.25, -0.2) is 14.4 Å². The van der Waals surface area contributed by atoms with Gasteiger partial charge in [0, 0.05) is 14.1 Å². The van der Waals surface area contributed by atoms with Crippen molar-refractivity contribution in [2.75, 3.05) is 7.11 Å². The van der Waals surface area contributed by atoms with Crippen molar-refractivity contribution in [2.24, 2.45) is 14.1 Å². The fourth-order valence-electron chi connectivity index (χ4n) is 3.92. The zero-order valence-corrected chi connectivity index (χ0v) is 18.4. The lowest BCUT2D eigenvalue weighted by Crippen LogP contribution is -2.40. The summed E-state index contributed by atoms with van der Waals surface area (Å²) in [4.78, 5) is 50.4. The SMILES string of the molecule is COC(=O)c1ccc(C(c2c(O)c3ccccc3oc2=O)c2c(O)n(C)c(=O)n(C)c2=O)cc1. The van der Waals surface area contributed by atoms with E-state index in [1.165, 1.54) is 57.6 Å². The molecule has 0 fully saturated rings. The number of ether oxygens (including phenoxy) is 1. The molecule has 10 nitrogen and oxygen atoms in total. The van der Waals surface area contributed by atoms with Crippen LogP contribution in [0.15, 0.2) is 67.3 Å². The molecule has 1 atom stereocenters. The second-order valence-electron chi connectivity index (χ2n) is 7.64. The third kappa shape index (κ3) is 3.45. The highest BCUT2D eigenvalue weighted by atomic mass is 16.5. The number of aromatic hydroxyl groups is 2. The number of rotatable bonds is 4. The van der Waals surface area contributed by atoms with E-state index in [9.17, 15) is 29.4 Å². The molecule has 34 heavy (non-hydrogen) atoms. The summed E-state index contributed by atoms with van der Waals surface area (Å²) in [6, 6.07) is 12.0. The predicted molar refractivity (Wildman–Crippen MR) is 121 cm³/mol. The molecule has 174 valence electrons. The Bertz CT molecular complexity index is 1610. The van der Waals surface area contributed by atoms with Crippen LogP contribution in [0.25, 0.3) is 11.0 Å². The normalized spacial score (nSPS) is 12.0. The second-order valence-corrected chi connectivity index (χ2v) is 7.64. The monoisotopic (exact) mass is 464 g/mol. The van der Waals surface area contributed by atoms with Gasteiger partial charge in [0.2, 0.25) is 5.88 Å². The molecule has 10 heteroatoms. The number of methoxy groups -OCH3 is 1. The molecule has 4 aromatic rings. The summed E-state index contributed by atoms with van der Waals surface area (Å²) in [5.41, 5.74) is -2.60. The van der Waals surface area contributed by atoms with Gasteiger partial charge in [0.05, 0.1) is 35.1 Å². The van der Waals surface area contributed by atoms with Crippen molar-refractivity contribution in [3.63, 3.8) is 0 Å². The maximum absolute atomic E-state index is 13.2. The van der Waals surface area contributed by atoms with Crippen LogP contribution >= 0.6 is 0 Å². The van der Waals surface area contributed by atoms with Crippen molar-refractivity contribution in [3.8, 4) is 11.6 Å². The number of fused-ring (bicyclic) bond motifs is 1. The molecule has 0 aliphatic carbocycles. The molecule has 2 heterocycles. The Morgan fingerprint density at radius 3 is 2.24 bits per heavy atom. The van der Waals surface area contributed by atoms with E-state index in [4.69, 9.17) is 9.15 Å². The lowest BCUT2D eigenvalue weighted by molar-refractivity contribution is 0.0600. The fourth-order valence-corrected chi connectivity index (χ4v) is 3.92. The molecule has 2 N–H and O–H groups in total. The quantitative estimate of drug-likeness (QED) is 0.343. The average Bonchev–Trinajstić information content (AvgIpc) is 2.85. The van der Waals surface area contributed by atoms with E-state index >= 15 is 0 Å². The zero-order chi connectivity index (χ0) is 24.7. The smallest absolute Gasteiger partial charge is 0.344 e. The number of hydrogen-bond donors (Lipinski definition) is 2. The van der Waals surface area contributed by atoms with Crippen LogP contribution in [0.4, 0.5) is 0 Å². The molecule has 0 saturated carbocycles. The number of para-hydroxylation sites is 1. The largest absolute Gasteiger partial charge is 0.507 e. The Morgan fingerprint density at radius 1 is 0.941 bits per heavy atom. The van der Waals surface area contributed by atoms with E-state index in [1.807, 2.05) is 0 Å². The van der Waals surface area contributed by atoms with Crippen LogP contribution < -0.4 is 16.9 Å². The van der Waals surface area contributed by atoms with Gasteiger partial charge >= 0.3 is 17.3 Å². The molecular weight excluding hydrogens is 444 g/mol. The molecule has 0 aliphatic heterocycles. The summed E-state index contributed by atoms with van der Waals surface area (Å²) in [7, 11) is 3.72. The Morgan fingerprint density at radius 2 is 1.59 bits per heavy atom. The van der Waals surface area contributed by atoms with E-state index in [1.54, 1.807) is 12.1 Å². The van der Waals surface area contributed by atoms with Gasteiger partial charge in [-0.3, -0.25) is 13.9 Å². The van der Waals surface area contributed by atoms with E-state index < -0.39 is 40.4 Å². The van der Waals surface area contributed by atoms with E-state index in [2.05, 4.69) is 0 Å². The first kappa shape index (κ1) is 22.6. The number of nitrogens with zero attached hydrogens (tertiary/aromatic N) is 2. The van der Waals surface area contributed by atoms with Crippen molar-refractivity contribution in [2.45, 2.75) is 5.92 Å². The van der Waals surface area contributed by atoms with Crippen LogP contribution in [0.3, 0.4) is 0 Å². The average molecular weight is 464 g/mol. The highest BCUT2D eigenvalue weighted by molar-refractivity contribution is 5.89. The minimum atomic E-state index is -1.34. The Hall–Kier alpha value is -4.60. The molecular formula is C24H20N2O8. The van der Waals surface area contributed by atoms with Gasteiger partial charge in [0.25, 0.3) is 5.56 Å². The summed E-state index contributed by atoms with van der Waals surface area (Å²) in [6.45, 7) is 0. The van der Waals surface area contributed by atoms with Crippen LogP contribution in [0.5, 0.6) is 11.6 Å². The van der Waals surface area contributed by atoms with Crippen LogP contribution in [-0.2, 0) is 18.8 Å². The topological polar surface area (TPSA) is 141 Å². The highest BCUT2D eigenvalue weighted by Crippen LogP contribution is 2.39. The van der Waals surface area contributed by atoms with Gasteiger partial charge in [0.1, 0.15) is 11.3 Å². The summed E-state index contributed by atoms with van der Waals surface area (Å²) in [5, 5.41) is 22.1. The summed E-state index contributed by atoms with van der Waals surface area (Å²) >= 11 is 0. The minimum absolute atomic E-state index is 0.131. The number of esters is 1. The van der Waals surface area contributed by atoms with Crippen molar-refractivity contribution in [1.82, 2.24) is 9.13 Å². The number of carbonyl (C=O) groups is 1. The third-order valence-corrected chi connectivity index (χ3v) is 5.73. The molecule has 0 aliphatic rings. The van der Waals surface area contributed by atoms with Crippen LogP contribution in [-0.4, -0.2) is 32.4 Å². The van der Waals surface area contributed by atoms with Gasteiger partial charge in [-0.2, -0.15) is 0 Å². The van der Waals surface area contributed by atoms with E-state index in [0.29, 0.717) is 0 Å². The predicted octanol–water partition coefficient (Wildman–Crippen LogP) is 1.57. The zero-order valence-electron chi connectivity index (χ0n) is 18.4. The van der Waals surface area contributed by atoms with E-state index in [0.717, 1.165) is 9.13 Å². The molecule has 0 radical (unpaired) electrons. The van der Waals surface area contributed by atoms with Crippen molar-refractivity contribution >= 4 is 16.9 Å². The van der Waals surface area contributed by atoms with Crippen molar-refractivity contribution in [1.29, 1.82) is 0 Å². The first-order valence-corrected chi connectivity index (χ1v) is 10.1. The molecule has 4 rings (SSSR count). The van der Waals surface area contributed by atoms with Gasteiger partial charge < -0.3 is 19.4 Å². The third-order valence-electron chi connectivity index (χ3n) is 5.73. The van der Waals surface area contributed by atoms with Crippen molar-refractivity contribution < 1.29 is 24.2 Å². The standard InChI is InChI=1S/C24H20N2O8/c1-25-20(28)18(21(29)26(2)24(25)32)16(12-8-10-13(11-9-12)22(30)33-3)17-19(27)14-6-4-5-7-15(14)34-23(17)31/h4-11,16,27-28H,1-3H3. The number of benzene rings is 2. The molecule has 2 aromatic heterocycles. The molecule has 0 saturated heterocycles. The molecule has 0 amide bonds. The Labute approximate surface area is 191 Å². The van der Waals surface area contributed by atoms with Gasteiger partial charge in [-0.05, 0) is 29.8 Å². The maximum atomic E-state index is 13.2. The summed E-state index contributed by atoms with van der Waals surface area (Å²) in [6.07, 6.45) is 0. The molecule has 0 bridgehead atoms. The highest BCUT2D eigenvalue weighted by Gasteiger charge is 2.32. The number of hydrogen-bond acceptors (Lipinski definition) is 8. The first-order chi connectivity index (χ1) is 16.2. The second kappa shape index (κ2) is 8.39. The van der Waals surface area contributed by atoms with Crippen LogP contribution in [0, 0.1) is 0 Å². The first-order valence-electron chi connectivity index (χ1n) is 10.1. The maximum Gasteiger partial charge on any atom is 0.344 e. The molecule has 0 spiro atoms. The van der Waals surface area contributed by atoms with Crippen LogP contribution in [0.1, 0.15) is 33.0 Å². The molecule has 1 unspecified atom stereocenters. The summed E-state index contributed by atoms with van der Waals surface area (Å²) < 4.78 is 11.7. The summed E-state index contributed by atoms with van der Waals surface area (Å²) in [5.74, 6) is -3.05. The molecule has 2 aromatic carbocycles. The number of aromatic nitrogens is 2. The fraction of sp³-hybridized carbons (Fsp3) is 0.167. The Balaban J connectivity index is 2.12. The van der Waals surface area contributed by atoms with Gasteiger partial charge in [-0.15, -0.1) is 0 Å². The van der Waals surface area contributed by atoms with Gasteiger partial charge in [-0.1, -0.05) is 24.3 Å². The lowest BCUT2D eigenvalue weighted by Gasteiger charge is -2.21. The Kier molecular flexibility index (Phi) is 5.58. The minimum Gasteiger partial charge on any atom is -0.507 e. The van der Waals surface area contributed by atoms with Gasteiger partial charge in [0.15, 0.2) is 0 Å². The van der Waals surface area contributed by atoms with Crippen molar-refractivity contribution in [3.05, 3.63) is 102 Å².